The van der Waals surface area contributed by atoms with E-state index in [-0.39, 0.29) is 19.1 Å². The Labute approximate surface area is 112 Å². The summed E-state index contributed by atoms with van der Waals surface area (Å²) in [6.45, 7) is 4.61. The number of carbonyl (C=O) groups is 2. The number of carboxylic acid groups (broad SMARTS) is 1. The first-order chi connectivity index (χ1) is 8.95. The fourth-order valence-electron chi connectivity index (χ4n) is 2.00. The Morgan fingerprint density at radius 1 is 1.47 bits per heavy atom. The number of ether oxygens (including phenoxy) is 1. The van der Waals surface area contributed by atoms with Crippen LogP contribution in [0.3, 0.4) is 0 Å². The molecule has 1 rings (SSSR count). The Bertz CT molecular complexity index is 321. The van der Waals surface area contributed by atoms with Gasteiger partial charge in [-0.15, -0.1) is 0 Å². The van der Waals surface area contributed by atoms with Gasteiger partial charge in [0.15, 0.2) is 0 Å². The van der Waals surface area contributed by atoms with Gasteiger partial charge in [-0.25, -0.2) is 9.59 Å². The first-order valence-electron chi connectivity index (χ1n) is 6.44. The normalized spacial score (nSPS) is 21.3. The maximum absolute atomic E-state index is 12.0. The number of nitrogens with zero attached hydrogens (tertiary/aromatic N) is 1. The number of aliphatic hydroxyl groups excluding tert-OH is 1. The van der Waals surface area contributed by atoms with Crippen molar-refractivity contribution in [2.75, 3.05) is 26.4 Å². The van der Waals surface area contributed by atoms with Crippen LogP contribution in [-0.4, -0.2) is 65.6 Å². The average Bonchev–Trinajstić information content (AvgIpc) is 2.37. The van der Waals surface area contributed by atoms with Crippen LogP contribution in [0.5, 0.6) is 0 Å². The van der Waals surface area contributed by atoms with Crippen molar-refractivity contribution in [2.24, 2.45) is 5.92 Å². The number of amides is 2. The summed E-state index contributed by atoms with van der Waals surface area (Å²) in [6, 6.07) is -1.78. The van der Waals surface area contributed by atoms with Crippen LogP contribution in [0.15, 0.2) is 0 Å². The van der Waals surface area contributed by atoms with Crippen molar-refractivity contribution < 1.29 is 24.5 Å². The Morgan fingerprint density at radius 3 is 2.68 bits per heavy atom. The van der Waals surface area contributed by atoms with Crippen molar-refractivity contribution in [3.63, 3.8) is 0 Å². The number of nitrogens with one attached hydrogen (secondary N) is 1. The van der Waals surface area contributed by atoms with E-state index >= 15 is 0 Å². The summed E-state index contributed by atoms with van der Waals surface area (Å²) >= 11 is 0. The molecule has 0 radical (unpaired) electrons. The van der Waals surface area contributed by atoms with Crippen molar-refractivity contribution in [1.82, 2.24) is 10.2 Å². The van der Waals surface area contributed by atoms with Crippen molar-refractivity contribution in [2.45, 2.75) is 32.4 Å². The number of aliphatic hydroxyl groups is 1. The topological polar surface area (TPSA) is 99.1 Å². The molecular formula is C12H22N2O5. The first-order valence-corrected chi connectivity index (χ1v) is 6.44. The van der Waals surface area contributed by atoms with Crippen molar-refractivity contribution in [1.29, 1.82) is 0 Å². The van der Waals surface area contributed by atoms with Gasteiger partial charge in [-0.1, -0.05) is 13.8 Å². The van der Waals surface area contributed by atoms with Crippen LogP contribution >= 0.6 is 0 Å². The van der Waals surface area contributed by atoms with Crippen molar-refractivity contribution in [3.05, 3.63) is 0 Å². The predicted octanol–water partition coefficient (Wildman–Crippen LogP) is -0.112. The standard InChI is InChI=1S/C12H22N2O5/c1-8(2)5-10(11(16)17)13-12(18)14-3-4-19-7-9(14)6-15/h8-10,15H,3-7H2,1-2H3,(H,13,18)(H,16,17)/t9?,10-/m1/s1. The second kappa shape index (κ2) is 7.30. The Hall–Kier alpha value is -1.34. The molecule has 0 bridgehead atoms. The van der Waals surface area contributed by atoms with Crippen LogP contribution in [0.25, 0.3) is 0 Å². The minimum atomic E-state index is -1.05. The highest BCUT2D eigenvalue weighted by Crippen LogP contribution is 2.09. The number of morpholine rings is 1. The summed E-state index contributed by atoms with van der Waals surface area (Å²) in [5.41, 5.74) is 0. The van der Waals surface area contributed by atoms with Gasteiger partial charge in [-0.2, -0.15) is 0 Å². The summed E-state index contributed by atoms with van der Waals surface area (Å²) < 4.78 is 5.17. The van der Waals surface area contributed by atoms with Gasteiger partial charge in [-0.3, -0.25) is 0 Å². The first kappa shape index (κ1) is 15.7. The van der Waals surface area contributed by atoms with E-state index in [1.165, 1.54) is 4.90 Å². The molecule has 0 saturated carbocycles. The van der Waals surface area contributed by atoms with Crippen molar-refractivity contribution in [3.8, 4) is 0 Å². The van der Waals surface area contributed by atoms with Gasteiger partial charge in [0, 0.05) is 6.54 Å². The fourth-order valence-corrected chi connectivity index (χ4v) is 2.00. The highest BCUT2D eigenvalue weighted by Gasteiger charge is 2.30. The molecule has 7 nitrogen and oxygen atoms in total. The van der Waals surface area contributed by atoms with Crippen LogP contribution in [0.2, 0.25) is 0 Å². The molecule has 1 aliphatic heterocycles. The third-order valence-corrected chi connectivity index (χ3v) is 3.00. The summed E-state index contributed by atoms with van der Waals surface area (Å²) in [6.07, 6.45) is 0.370. The largest absolute Gasteiger partial charge is 0.480 e. The predicted molar refractivity (Wildman–Crippen MR) is 67.8 cm³/mol. The molecule has 19 heavy (non-hydrogen) atoms. The van der Waals surface area contributed by atoms with E-state index < -0.39 is 24.1 Å². The molecule has 1 aliphatic rings. The van der Waals surface area contributed by atoms with E-state index in [0.717, 1.165) is 0 Å². The highest BCUT2D eigenvalue weighted by atomic mass is 16.5. The second-order valence-corrected chi connectivity index (χ2v) is 5.07. The Morgan fingerprint density at radius 2 is 2.16 bits per heavy atom. The third-order valence-electron chi connectivity index (χ3n) is 3.00. The van der Waals surface area contributed by atoms with Crippen molar-refractivity contribution >= 4 is 12.0 Å². The van der Waals surface area contributed by atoms with Gasteiger partial charge in [0.25, 0.3) is 0 Å². The van der Waals surface area contributed by atoms with E-state index in [2.05, 4.69) is 5.32 Å². The lowest BCUT2D eigenvalue weighted by molar-refractivity contribution is -0.139. The molecule has 2 atom stereocenters. The Balaban J connectivity index is 2.62. The number of urea groups is 1. The number of carbonyl (C=O) groups excluding carboxylic acids is 1. The molecule has 110 valence electrons. The van der Waals surface area contributed by atoms with Gasteiger partial charge in [0.2, 0.25) is 0 Å². The van der Waals surface area contributed by atoms with E-state index in [4.69, 9.17) is 9.84 Å². The molecule has 0 aromatic rings. The van der Waals surface area contributed by atoms with Crippen LogP contribution in [0.1, 0.15) is 20.3 Å². The molecule has 0 aliphatic carbocycles. The van der Waals surface area contributed by atoms with E-state index in [9.17, 15) is 14.7 Å². The molecule has 2 amide bonds. The maximum Gasteiger partial charge on any atom is 0.326 e. The quantitative estimate of drug-likeness (QED) is 0.649. The third kappa shape index (κ3) is 4.68. The highest BCUT2D eigenvalue weighted by molar-refractivity contribution is 5.82. The molecule has 1 unspecified atom stereocenters. The molecule has 1 saturated heterocycles. The lowest BCUT2D eigenvalue weighted by Crippen LogP contribution is -2.56. The second-order valence-electron chi connectivity index (χ2n) is 5.07. The summed E-state index contributed by atoms with van der Waals surface area (Å²) in [5, 5.41) is 20.8. The lowest BCUT2D eigenvalue weighted by Gasteiger charge is -2.35. The molecule has 7 heteroatoms. The van der Waals surface area contributed by atoms with E-state index in [1.54, 1.807) is 0 Å². The van der Waals surface area contributed by atoms with Gasteiger partial charge in [0.1, 0.15) is 6.04 Å². The summed E-state index contributed by atoms with van der Waals surface area (Å²) in [7, 11) is 0. The number of carboxylic acids is 1. The van der Waals surface area contributed by atoms with Gasteiger partial charge in [0.05, 0.1) is 25.9 Å². The number of hydrogen-bond acceptors (Lipinski definition) is 4. The smallest absolute Gasteiger partial charge is 0.326 e. The summed E-state index contributed by atoms with van der Waals surface area (Å²) in [4.78, 5) is 24.6. The minimum absolute atomic E-state index is 0.166. The molecule has 1 heterocycles. The Kier molecular flexibility index (Phi) is 6.04. The molecule has 3 N–H and O–H groups in total. The number of rotatable bonds is 5. The zero-order valence-corrected chi connectivity index (χ0v) is 11.3. The fraction of sp³-hybridized carbons (Fsp3) is 0.833. The number of hydrogen-bond donors (Lipinski definition) is 3. The molecule has 0 aromatic carbocycles. The van der Waals surface area contributed by atoms with Gasteiger partial charge in [-0.05, 0) is 12.3 Å². The van der Waals surface area contributed by atoms with E-state index in [0.29, 0.717) is 19.6 Å². The number of aliphatic carboxylic acids is 1. The van der Waals surface area contributed by atoms with Crippen LogP contribution in [0, 0.1) is 5.92 Å². The minimum Gasteiger partial charge on any atom is -0.480 e. The van der Waals surface area contributed by atoms with E-state index in [1.807, 2.05) is 13.8 Å². The molecule has 0 spiro atoms. The SMILES string of the molecule is CC(C)C[C@@H](NC(=O)N1CCOCC1CO)C(=O)O. The van der Waals surface area contributed by atoms with Gasteiger partial charge >= 0.3 is 12.0 Å². The zero-order chi connectivity index (χ0) is 14.4. The molecular weight excluding hydrogens is 252 g/mol. The van der Waals surface area contributed by atoms with Crippen LogP contribution in [0.4, 0.5) is 4.79 Å². The van der Waals surface area contributed by atoms with Gasteiger partial charge < -0.3 is 25.2 Å². The summed E-state index contributed by atoms with van der Waals surface area (Å²) in [5.74, 6) is -0.879. The molecule has 0 aromatic heterocycles. The zero-order valence-electron chi connectivity index (χ0n) is 11.3. The molecule has 1 fully saturated rings. The lowest BCUT2D eigenvalue weighted by atomic mass is 10.0. The average molecular weight is 274 g/mol. The maximum atomic E-state index is 12.0. The monoisotopic (exact) mass is 274 g/mol. The van der Waals surface area contributed by atoms with Crippen LogP contribution in [-0.2, 0) is 9.53 Å². The van der Waals surface area contributed by atoms with Crippen LogP contribution < -0.4 is 5.32 Å².